The molecule has 0 radical (unpaired) electrons. The van der Waals surface area contributed by atoms with Crippen LogP contribution < -0.4 is 0 Å². The van der Waals surface area contributed by atoms with Crippen LogP contribution in [0.4, 0.5) is 0 Å². The van der Waals surface area contributed by atoms with Gasteiger partial charge in [-0.05, 0) is 86.9 Å². The van der Waals surface area contributed by atoms with E-state index < -0.39 is 5.41 Å². The number of ketones is 2. The van der Waals surface area contributed by atoms with Crippen LogP contribution in [0.5, 0.6) is 0 Å². The normalized spacial score (nSPS) is 50.6. The van der Waals surface area contributed by atoms with E-state index in [0.29, 0.717) is 23.5 Å². The first-order valence-corrected chi connectivity index (χ1v) is 9.92. The Labute approximate surface area is 144 Å². The molecule has 0 aliphatic heterocycles. The molecule has 7 atom stereocenters. The summed E-state index contributed by atoms with van der Waals surface area (Å²) in [5.41, 5.74) is -0.874. The fourth-order valence-corrected chi connectivity index (χ4v) is 7.59. The molecule has 4 aliphatic rings. The van der Waals surface area contributed by atoms with Gasteiger partial charge in [0.25, 0.3) is 0 Å². The first-order chi connectivity index (χ1) is 11.4. The minimum absolute atomic E-state index is 0.0814. The number of Topliss-reactive ketones (excluding diaryl/α,β-unsaturated/α-hetero) is 2. The van der Waals surface area contributed by atoms with Gasteiger partial charge in [-0.2, -0.15) is 0 Å². The van der Waals surface area contributed by atoms with Crippen LogP contribution in [0, 0.1) is 40.4 Å². The molecule has 3 nitrogen and oxygen atoms in total. The Morgan fingerprint density at radius 2 is 1.83 bits per heavy atom. The van der Waals surface area contributed by atoms with E-state index in [4.69, 9.17) is 0 Å². The van der Waals surface area contributed by atoms with E-state index in [0.717, 1.165) is 63.1 Å². The van der Waals surface area contributed by atoms with Crippen LogP contribution in [0.3, 0.4) is 0 Å². The van der Waals surface area contributed by atoms with E-state index in [9.17, 15) is 14.4 Å². The number of hydrogen-bond acceptors (Lipinski definition) is 3. The molecule has 0 unspecified atom stereocenters. The van der Waals surface area contributed by atoms with Gasteiger partial charge < -0.3 is 4.79 Å². The fourth-order valence-electron chi connectivity index (χ4n) is 7.59. The number of carbonyl (C=O) groups excluding carboxylic acids is 3. The molecule has 0 spiro atoms. The van der Waals surface area contributed by atoms with E-state index in [-0.39, 0.29) is 11.2 Å². The van der Waals surface area contributed by atoms with Gasteiger partial charge in [0.15, 0.2) is 0 Å². The molecule has 0 saturated heterocycles. The second kappa shape index (κ2) is 5.51. The van der Waals surface area contributed by atoms with Gasteiger partial charge in [0.1, 0.15) is 17.9 Å². The third kappa shape index (κ3) is 1.99. The zero-order chi connectivity index (χ0) is 17.1. The lowest BCUT2D eigenvalue weighted by molar-refractivity contribution is -0.149. The molecule has 0 bridgehead atoms. The van der Waals surface area contributed by atoms with Crippen molar-refractivity contribution in [2.24, 2.45) is 40.4 Å². The number of fused-ring (bicyclic) bond motifs is 5. The largest absolute Gasteiger partial charge is 0.302 e. The molecule has 0 aromatic carbocycles. The molecule has 4 rings (SSSR count). The van der Waals surface area contributed by atoms with Crippen molar-refractivity contribution in [1.29, 1.82) is 0 Å². The standard InChI is InChI=1S/C21H30O3/c1-13(23)21(12-22)10-8-19-18-5-3-14-11-15(24)4-6-16(14)17(18)7-9-20(19,21)2/h12,14,16-19H,3-11H2,1-2H3/t14-,16-,17+,18+,19-,20-,21+/m0/s1. The number of hydrogen-bond donors (Lipinski definition) is 0. The van der Waals surface area contributed by atoms with Crippen molar-refractivity contribution < 1.29 is 14.4 Å². The third-order valence-corrected chi connectivity index (χ3v) is 8.85. The molecule has 4 saturated carbocycles. The van der Waals surface area contributed by atoms with Gasteiger partial charge in [0.05, 0.1) is 5.41 Å². The predicted molar refractivity (Wildman–Crippen MR) is 91.3 cm³/mol. The number of rotatable bonds is 2. The van der Waals surface area contributed by atoms with Crippen LogP contribution >= 0.6 is 0 Å². The Kier molecular flexibility index (Phi) is 3.78. The van der Waals surface area contributed by atoms with Crippen molar-refractivity contribution in [2.75, 3.05) is 0 Å². The van der Waals surface area contributed by atoms with E-state index in [1.807, 2.05) is 0 Å². The third-order valence-electron chi connectivity index (χ3n) is 8.85. The van der Waals surface area contributed by atoms with Crippen molar-refractivity contribution in [2.45, 2.75) is 71.6 Å². The lowest BCUT2D eigenvalue weighted by Crippen LogP contribution is -2.53. The SMILES string of the molecule is CC(=O)[C@]1(C=O)CC[C@H]2[C@@H]3CC[C@H]4CC(=O)CC[C@@H]4[C@H]3CC[C@@]21C. The molecule has 0 aromatic heterocycles. The fraction of sp³-hybridized carbons (Fsp3) is 0.857. The maximum absolute atomic E-state index is 12.4. The molecule has 3 heteroatoms. The first-order valence-electron chi connectivity index (χ1n) is 9.92. The smallest absolute Gasteiger partial charge is 0.143 e. The zero-order valence-electron chi connectivity index (χ0n) is 15.1. The van der Waals surface area contributed by atoms with Crippen LogP contribution in [0.25, 0.3) is 0 Å². The maximum atomic E-state index is 12.4. The van der Waals surface area contributed by atoms with Gasteiger partial charge in [-0.25, -0.2) is 0 Å². The highest BCUT2D eigenvalue weighted by molar-refractivity contribution is 5.98. The van der Waals surface area contributed by atoms with Crippen molar-refractivity contribution in [1.82, 2.24) is 0 Å². The predicted octanol–water partition coefficient (Wildman–Crippen LogP) is 3.98. The summed E-state index contributed by atoms with van der Waals surface area (Å²) >= 11 is 0. The zero-order valence-corrected chi connectivity index (χ0v) is 15.1. The highest BCUT2D eigenvalue weighted by Crippen LogP contribution is 2.67. The van der Waals surface area contributed by atoms with Gasteiger partial charge in [-0.15, -0.1) is 0 Å². The quantitative estimate of drug-likeness (QED) is 0.568. The Hall–Kier alpha value is -0.990. The molecule has 4 fully saturated rings. The lowest BCUT2D eigenvalue weighted by atomic mass is 9.47. The van der Waals surface area contributed by atoms with Crippen molar-refractivity contribution in [3.8, 4) is 0 Å². The van der Waals surface area contributed by atoms with E-state index in [1.54, 1.807) is 6.92 Å². The second-order valence-corrected chi connectivity index (χ2v) is 9.36. The maximum Gasteiger partial charge on any atom is 0.143 e. The summed E-state index contributed by atoms with van der Waals surface area (Å²) in [5, 5.41) is 0. The summed E-state index contributed by atoms with van der Waals surface area (Å²) < 4.78 is 0. The van der Waals surface area contributed by atoms with E-state index >= 15 is 0 Å². The van der Waals surface area contributed by atoms with Gasteiger partial charge in [0.2, 0.25) is 0 Å². The summed E-state index contributed by atoms with van der Waals surface area (Å²) in [7, 11) is 0. The summed E-state index contributed by atoms with van der Waals surface area (Å²) in [6.07, 6.45) is 9.99. The van der Waals surface area contributed by atoms with Crippen LogP contribution in [0.1, 0.15) is 71.6 Å². The number of aldehydes is 1. The minimum atomic E-state index is -0.734. The average molecular weight is 330 g/mol. The van der Waals surface area contributed by atoms with E-state index in [2.05, 4.69) is 6.92 Å². The van der Waals surface area contributed by atoms with Crippen LogP contribution in [0.15, 0.2) is 0 Å². The second-order valence-electron chi connectivity index (χ2n) is 9.36. The highest BCUT2D eigenvalue weighted by Gasteiger charge is 2.64. The molecule has 0 amide bonds. The summed E-state index contributed by atoms with van der Waals surface area (Å²) in [5.74, 6) is 3.79. The summed E-state index contributed by atoms with van der Waals surface area (Å²) in [4.78, 5) is 36.2. The van der Waals surface area contributed by atoms with Crippen molar-refractivity contribution in [3.05, 3.63) is 0 Å². The molecular formula is C21H30O3. The average Bonchev–Trinajstić information content (AvgIpc) is 2.87. The van der Waals surface area contributed by atoms with Crippen LogP contribution in [0.2, 0.25) is 0 Å². The molecule has 0 aromatic rings. The topological polar surface area (TPSA) is 51.2 Å². The van der Waals surface area contributed by atoms with Gasteiger partial charge in [-0.1, -0.05) is 6.92 Å². The highest BCUT2D eigenvalue weighted by atomic mass is 16.1. The Balaban J connectivity index is 1.63. The Bertz CT molecular complexity index is 582. The molecule has 0 N–H and O–H groups in total. The minimum Gasteiger partial charge on any atom is -0.302 e. The van der Waals surface area contributed by atoms with Gasteiger partial charge in [0, 0.05) is 12.8 Å². The van der Waals surface area contributed by atoms with E-state index in [1.165, 1.54) is 12.8 Å². The summed E-state index contributed by atoms with van der Waals surface area (Å²) in [6.45, 7) is 3.85. The monoisotopic (exact) mass is 330 g/mol. The Morgan fingerprint density at radius 1 is 1.04 bits per heavy atom. The van der Waals surface area contributed by atoms with Crippen LogP contribution in [-0.2, 0) is 14.4 Å². The molecule has 4 aliphatic carbocycles. The molecule has 132 valence electrons. The van der Waals surface area contributed by atoms with Gasteiger partial charge >= 0.3 is 0 Å². The molecule has 0 heterocycles. The number of carbonyl (C=O) groups is 3. The molecule has 24 heavy (non-hydrogen) atoms. The summed E-state index contributed by atoms with van der Waals surface area (Å²) in [6, 6.07) is 0. The lowest BCUT2D eigenvalue weighted by Gasteiger charge is -2.56. The van der Waals surface area contributed by atoms with Crippen molar-refractivity contribution >= 4 is 17.9 Å². The van der Waals surface area contributed by atoms with Crippen molar-refractivity contribution in [3.63, 3.8) is 0 Å². The molecular weight excluding hydrogens is 300 g/mol. The van der Waals surface area contributed by atoms with Crippen LogP contribution in [-0.4, -0.2) is 17.9 Å². The Morgan fingerprint density at radius 3 is 2.54 bits per heavy atom. The first kappa shape index (κ1) is 16.5. The van der Waals surface area contributed by atoms with Gasteiger partial charge in [-0.3, -0.25) is 9.59 Å².